The summed E-state index contributed by atoms with van der Waals surface area (Å²) in [6.07, 6.45) is 1.45. The molecule has 22 heavy (non-hydrogen) atoms. The van der Waals surface area contributed by atoms with E-state index in [1.807, 2.05) is 44.2 Å². The Bertz CT molecular complexity index is 653. The zero-order valence-corrected chi connectivity index (χ0v) is 12.7. The molecule has 2 heterocycles. The molecule has 3 rings (SSSR count). The van der Waals surface area contributed by atoms with E-state index in [-0.39, 0.29) is 12.1 Å². The standard InChI is InChI=1S/C17H18N2O3/c1-12-3-6-15(7-4-12)22-16-8-5-14(9-18-16)10-19-13(2)11-21-17(19)20/h3-9,13H,10-11H2,1-2H3/t13-/m0/s1. The van der Waals surface area contributed by atoms with Crippen molar-refractivity contribution in [2.24, 2.45) is 0 Å². The van der Waals surface area contributed by atoms with Crippen LogP contribution in [0.5, 0.6) is 11.6 Å². The first-order chi connectivity index (χ1) is 10.6. The Kier molecular flexibility index (Phi) is 3.96. The van der Waals surface area contributed by atoms with Gasteiger partial charge in [-0.3, -0.25) is 4.90 Å². The number of amides is 1. The molecule has 114 valence electrons. The van der Waals surface area contributed by atoms with E-state index in [0.29, 0.717) is 19.0 Å². The fourth-order valence-corrected chi connectivity index (χ4v) is 2.25. The number of cyclic esters (lactones) is 1. The van der Waals surface area contributed by atoms with Crippen molar-refractivity contribution in [3.05, 3.63) is 53.7 Å². The SMILES string of the molecule is Cc1ccc(Oc2ccc(CN3C(=O)OC[C@@H]3C)cn2)cc1. The van der Waals surface area contributed by atoms with E-state index < -0.39 is 0 Å². The Morgan fingerprint density at radius 1 is 1.27 bits per heavy atom. The number of benzene rings is 1. The molecule has 2 aromatic rings. The van der Waals surface area contributed by atoms with Crippen molar-refractivity contribution >= 4 is 6.09 Å². The molecule has 1 aliphatic heterocycles. The highest BCUT2D eigenvalue weighted by Gasteiger charge is 2.29. The molecule has 1 aromatic carbocycles. The molecular formula is C17H18N2O3. The number of carbonyl (C=O) groups excluding carboxylic acids is 1. The van der Waals surface area contributed by atoms with Crippen molar-refractivity contribution in [1.82, 2.24) is 9.88 Å². The minimum Gasteiger partial charge on any atom is -0.447 e. The minimum atomic E-state index is -0.271. The average Bonchev–Trinajstić information content (AvgIpc) is 2.83. The summed E-state index contributed by atoms with van der Waals surface area (Å²) in [5.74, 6) is 1.28. The molecular weight excluding hydrogens is 280 g/mol. The smallest absolute Gasteiger partial charge is 0.410 e. The predicted molar refractivity (Wildman–Crippen MR) is 81.8 cm³/mol. The van der Waals surface area contributed by atoms with Gasteiger partial charge in [-0.1, -0.05) is 23.8 Å². The van der Waals surface area contributed by atoms with Gasteiger partial charge in [0.05, 0.1) is 12.6 Å². The van der Waals surface area contributed by atoms with Crippen molar-refractivity contribution in [2.45, 2.75) is 26.4 Å². The lowest BCUT2D eigenvalue weighted by atomic mass is 10.2. The first-order valence-electron chi connectivity index (χ1n) is 7.24. The molecule has 0 aliphatic carbocycles. The second-order valence-corrected chi connectivity index (χ2v) is 5.47. The van der Waals surface area contributed by atoms with Gasteiger partial charge in [0.1, 0.15) is 12.4 Å². The van der Waals surface area contributed by atoms with Crippen LogP contribution in [-0.4, -0.2) is 28.6 Å². The van der Waals surface area contributed by atoms with E-state index in [1.54, 1.807) is 17.2 Å². The van der Waals surface area contributed by atoms with Gasteiger partial charge < -0.3 is 9.47 Å². The van der Waals surface area contributed by atoms with Crippen molar-refractivity contribution in [3.8, 4) is 11.6 Å². The topological polar surface area (TPSA) is 51.7 Å². The lowest BCUT2D eigenvalue weighted by molar-refractivity contribution is 0.156. The zero-order chi connectivity index (χ0) is 15.5. The molecule has 1 saturated heterocycles. The van der Waals surface area contributed by atoms with Gasteiger partial charge in [0.25, 0.3) is 0 Å². The van der Waals surface area contributed by atoms with E-state index in [9.17, 15) is 4.79 Å². The lowest BCUT2D eigenvalue weighted by Gasteiger charge is -2.17. The Balaban J connectivity index is 1.65. The zero-order valence-electron chi connectivity index (χ0n) is 12.7. The third-order valence-corrected chi connectivity index (χ3v) is 3.61. The van der Waals surface area contributed by atoms with Gasteiger partial charge in [-0.2, -0.15) is 0 Å². The molecule has 1 aromatic heterocycles. The summed E-state index contributed by atoms with van der Waals surface area (Å²) in [6, 6.07) is 11.6. The third-order valence-electron chi connectivity index (χ3n) is 3.61. The number of rotatable bonds is 4. The summed E-state index contributed by atoms with van der Waals surface area (Å²) in [5.41, 5.74) is 2.13. The maximum Gasteiger partial charge on any atom is 0.410 e. The van der Waals surface area contributed by atoms with Gasteiger partial charge in [-0.25, -0.2) is 9.78 Å². The summed E-state index contributed by atoms with van der Waals surface area (Å²) in [7, 11) is 0. The third kappa shape index (κ3) is 3.19. The van der Waals surface area contributed by atoms with Crippen molar-refractivity contribution in [3.63, 3.8) is 0 Å². The Labute approximate surface area is 129 Å². The van der Waals surface area contributed by atoms with Crippen LogP contribution in [0.4, 0.5) is 4.79 Å². The quantitative estimate of drug-likeness (QED) is 0.866. The van der Waals surface area contributed by atoms with Crippen LogP contribution in [-0.2, 0) is 11.3 Å². The monoisotopic (exact) mass is 298 g/mol. The van der Waals surface area contributed by atoms with Crippen LogP contribution in [0.2, 0.25) is 0 Å². The Morgan fingerprint density at radius 2 is 2.05 bits per heavy atom. The van der Waals surface area contributed by atoms with Gasteiger partial charge in [0.15, 0.2) is 0 Å². The maximum absolute atomic E-state index is 11.6. The van der Waals surface area contributed by atoms with E-state index in [2.05, 4.69) is 4.98 Å². The molecule has 1 amide bonds. The Hall–Kier alpha value is -2.56. The molecule has 1 fully saturated rings. The van der Waals surface area contributed by atoms with Crippen molar-refractivity contribution < 1.29 is 14.3 Å². The van der Waals surface area contributed by atoms with Gasteiger partial charge in [-0.15, -0.1) is 0 Å². The highest BCUT2D eigenvalue weighted by atomic mass is 16.6. The van der Waals surface area contributed by atoms with Crippen LogP contribution in [0.15, 0.2) is 42.6 Å². The number of hydrogen-bond acceptors (Lipinski definition) is 4. The van der Waals surface area contributed by atoms with Crippen LogP contribution in [0.3, 0.4) is 0 Å². The largest absolute Gasteiger partial charge is 0.447 e. The van der Waals surface area contributed by atoms with Crippen LogP contribution >= 0.6 is 0 Å². The normalized spacial score (nSPS) is 17.5. The van der Waals surface area contributed by atoms with E-state index in [4.69, 9.17) is 9.47 Å². The van der Waals surface area contributed by atoms with Crippen LogP contribution < -0.4 is 4.74 Å². The second kappa shape index (κ2) is 6.05. The number of aromatic nitrogens is 1. The van der Waals surface area contributed by atoms with Gasteiger partial charge in [0, 0.05) is 12.3 Å². The van der Waals surface area contributed by atoms with E-state index >= 15 is 0 Å². The average molecular weight is 298 g/mol. The summed E-state index contributed by atoms with van der Waals surface area (Å²) < 4.78 is 10.7. The molecule has 5 heteroatoms. The summed E-state index contributed by atoms with van der Waals surface area (Å²) in [4.78, 5) is 17.6. The van der Waals surface area contributed by atoms with Crippen LogP contribution in [0.1, 0.15) is 18.1 Å². The fraction of sp³-hybridized carbons (Fsp3) is 0.294. The van der Waals surface area contributed by atoms with E-state index in [1.165, 1.54) is 5.56 Å². The summed E-state index contributed by atoms with van der Waals surface area (Å²) in [5, 5.41) is 0. The van der Waals surface area contributed by atoms with Crippen LogP contribution in [0, 0.1) is 6.92 Å². The predicted octanol–water partition coefficient (Wildman–Crippen LogP) is 3.52. The number of aryl methyl sites for hydroxylation is 1. The first kappa shape index (κ1) is 14.4. The number of nitrogens with zero attached hydrogens (tertiary/aromatic N) is 2. The van der Waals surface area contributed by atoms with Crippen molar-refractivity contribution in [1.29, 1.82) is 0 Å². The second-order valence-electron chi connectivity index (χ2n) is 5.47. The number of ether oxygens (including phenoxy) is 2. The van der Waals surface area contributed by atoms with Gasteiger partial charge in [0.2, 0.25) is 5.88 Å². The lowest BCUT2D eigenvalue weighted by Crippen LogP contribution is -2.30. The Morgan fingerprint density at radius 3 is 2.64 bits per heavy atom. The number of pyridine rings is 1. The highest BCUT2D eigenvalue weighted by Crippen LogP contribution is 2.21. The molecule has 1 aliphatic rings. The van der Waals surface area contributed by atoms with Gasteiger partial charge >= 0.3 is 6.09 Å². The minimum absolute atomic E-state index is 0.0935. The first-order valence-corrected chi connectivity index (χ1v) is 7.24. The molecule has 0 unspecified atom stereocenters. The molecule has 0 radical (unpaired) electrons. The summed E-state index contributed by atoms with van der Waals surface area (Å²) in [6.45, 7) is 4.94. The number of carbonyl (C=O) groups is 1. The van der Waals surface area contributed by atoms with E-state index in [0.717, 1.165) is 11.3 Å². The molecule has 0 saturated carbocycles. The molecule has 0 bridgehead atoms. The maximum atomic E-state index is 11.6. The van der Waals surface area contributed by atoms with Gasteiger partial charge in [-0.05, 0) is 31.5 Å². The van der Waals surface area contributed by atoms with Crippen molar-refractivity contribution in [2.75, 3.05) is 6.61 Å². The highest BCUT2D eigenvalue weighted by molar-refractivity contribution is 5.70. The van der Waals surface area contributed by atoms with Crippen LogP contribution in [0.25, 0.3) is 0 Å². The molecule has 0 spiro atoms. The fourth-order valence-electron chi connectivity index (χ4n) is 2.25. The number of hydrogen-bond donors (Lipinski definition) is 0. The molecule has 1 atom stereocenters. The molecule has 5 nitrogen and oxygen atoms in total. The summed E-state index contributed by atoms with van der Waals surface area (Å²) >= 11 is 0. The molecule has 0 N–H and O–H groups in total.